The molecule has 220 valence electrons. The Balaban J connectivity index is 1.34. The fourth-order valence-corrected chi connectivity index (χ4v) is 6.72. The number of ether oxygens (including phenoxy) is 1. The van der Waals surface area contributed by atoms with Crippen LogP contribution in [-0.2, 0) is 13.0 Å². The van der Waals surface area contributed by atoms with E-state index in [0.29, 0.717) is 56.3 Å². The topological polar surface area (TPSA) is 84.7 Å². The van der Waals surface area contributed by atoms with E-state index in [0.717, 1.165) is 65.9 Å². The molecule has 3 aliphatic rings. The Hall–Kier alpha value is -3.68. The number of piperazine rings is 1. The molecule has 1 aromatic carbocycles. The van der Waals surface area contributed by atoms with E-state index in [2.05, 4.69) is 32.8 Å². The number of anilines is 2. The van der Waals surface area contributed by atoms with E-state index in [-0.39, 0.29) is 11.9 Å². The lowest BCUT2D eigenvalue weighted by Crippen LogP contribution is -2.51. The molecule has 11 heteroatoms. The first kappa shape index (κ1) is 28.4. The number of pyridine rings is 1. The van der Waals surface area contributed by atoms with Crippen molar-refractivity contribution in [1.82, 2.24) is 24.8 Å². The number of hydrogen-bond donors (Lipinski definition) is 0. The SMILES string of the molecule is CC(F)=CN1CCN(c2nc(OCC3CCCN3C)nc3c2CCN(c2cncc4cccc(Cl)c24)C3)CC1CC#N. The summed E-state index contributed by atoms with van der Waals surface area (Å²) in [6.07, 6.45) is 8.53. The predicted molar refractivity (Wildman–Crippen MR) is 162 cm³/mol. The van der Waals surface area contributed by atoms with Crippen LogP contribution >= 0.6 is 11.6 Å². The van der Waals surface area contributed by atoms with Crippen LogP contribution < -0.4 is 14.5 Å². The lowest BCUT2D eigenvalue weighted by molar-refractivity contribution is 0.187. The molecular formula is C31H36ClFN8O. The summed E-state index contributed by atoms with van der Waals surface area (Å²) >= 11 is 6.67. The summed E-state index contributed by atoms with van der Waals surface area (Å²) in [7, 11) is 2.13. The maximum atomic E-state index is 13.8. The van der Waals surface area contributed by atoms with E-state index in [9.17, 15) is 9.65 Å². The molecule has 6 rings (SSSR count). The minimum absolute atomic E-state index is 0.138. The van der Waals surface area contributed by atoms with E-state index in [1.54, 1.807) is 0 Å². The minimum Gasteiger partial charge on any atom is -0.462 e. The number of allylic oxidation sites excluding steroid dienone is 1. The molecule has 2 saturated heterocycles. The van der Waals surface area contributed by atoms with Crippen molar-refractivity contribution >= 4 is 33.9 Å². The van der Waals surface area contributed by atoms with Crippen LogP contribution in [0, 0.1) is 11.3 Å². The zero-order valence-electron chi connectivity index (χ0n) is 24.1. The molecule has 42 heavy (non-hydrogen) atoms. The molecule has 0 N–H and O–H groups in total. The van der Waals surface area contributed by atoms with Crippen LogP contribution in [0.5, 0.6) is 6.01 Å². The molecule has 3 aromatic rings. The number of halogens is 2. The van der Waals surface area contributed by atoms with Crippen LogP contribution in [-0.4, -0.2) is 83.2 Å². The van der Waals surface area contributed by atoms with Crippen molar-refractivity contribution in [2.75, 3.05) is 56.2 Å². The highest BCUT2D eigenvalue weighted by atomic mass is 35.5. The fraction of sp³-hybridized carbons (Fsp3) is 0.484. The normalized spacial score (nSPS) is 21.5. The second kappa shape index (κ2) is 12.3. The summed E-state index contributed by atoms with van der Waals surface area (Å²) in [5.41, 5.74) is 3.00. The van der Waals surface area contributed by atoms with E-state index in [1.807, 2.05) is 35.5 Å². The molecule has 2 fully saturated rings. The van der Waals surface area contributed by atoms with Gasteiger partial charge in [0.15, 0.2) is 0 Å². The molecule has 0 spiro atoms. The summed E-state index contributed by atoms with van der Waals surface area (Å²) in [6, 6.07) is 8.73. The first-order valence-corrected chi connectivity index (χ1v) is 15.0. The van der Waals surface area contributed by atoms with Gasteiger partial charge in [0.1, 0.15) is 18.3 Å². The van der Waals surface area contributed by atoms with Gasteiger partial charge in [-0.1, -0.05) is 23.7 Å². The van der Waals surface area contributed by atoms with E-state index < -0.39 is 0 Å². The Morgan fingerprint density at radius 3 is 2.83 bits per heavy atom. The number of benzene rings is 1. The molecule has 0 saturated carbocycles. The molecular weight excluding hydrogens is 555 g/mol. The third kappa shape index (κ3) is 5.81. The van der Waals surface area contributed by atoms with Crippen LogP contribution in [0.2, 0.25) is 5.02 Å². The summed E-state index contributed by atoms with van der Waals surface area (Å²) in [4.78, 5) is 23.2. The van der Waals surface area contributed by atoms with Gasteiger partial charge in [0.2, 0.25) is 0 Å². The van der Waals surface area contributed by atoms with Crippen LogP contribution in [0.3, 0.4) is 0 Å². The molecule has 0 amide bonds. The first-order chi connectivity index (χ1) is 20.4. The van der Waals surface area contributed by atoms with Crippen molar-refractivity contribution in [3.8, 4) is 12.1 Å². The van der Waals surface area contributed by atoms with Crippen molar-refractivity contribution in [1.29, 1.82) is 5.26 Å². The van der Waals surface area contributed by atoms with Gasteiger partial charge in [-0.25, -0.2) is 4.39 Å². The number of nitrogens with zero attached hydrogens (tertiary/aromatic N) is 8. The van der Waals surface area contributed by atoms with E-state index >= 15 is 0 Å². The van der Waals surface area contributed by atoms with Gasteiger partial charge in [0.05, 0.1) is 47.7 Å². The average Bonchev–Trinajstić information content (AvgIpc) is 3.40. The molecule has 3 aliphatic heterocycles. The highest BCUT2D eigenvalue weighted by molar-refractivity contribution is 6.36. The van der Waals surface area contributed by atoms with Gasteiger partial charge in [-0.2, -0.15) is 15.2 Å². The Bertz CT molecular complexity index is 1520. The zero-order valence-corrected chi connectivity index (χ0v) is 24.9. The highest BCUT2D eigenvalue weighted by Crippen LogP contribution is 2.37. The monoisotopic (exact) mass is 590 g/mol. The molecule has 0 radical (unpaired) electrons. The lowest BCUT2D eigenvalue weighted by Gasteiger charge is -2.42. The number of likely N-dealkylation sites (tertiary alicyclic amines) is 1. The third-order valence-electron chi connectivity index (χ3n) is 8.65. The van der Waals surface area contributed by atoms with Crippen LogP contribution in [0.15, 0.2) is 42.6 Å². The largest absolute Gasteiger partial charge is 0.462 e. The maximum absolute atomic E-state index is 13.8. The maximum Gasteiger partial charge on any atom is 0.318 e. The quantitative estimate of drug-likeness (QED) is 0.379. The second-order valence-electron chi connectivity index (χ2n) is 11.4. The van der Waals surface area contributed by atoms with E-state index in [4.69, 9.17) is 26.3 Å². The van der Waals surface area contributed by atoms with Gasteiger partial charge in [0, 0.05) is 61.0 Å². The van der Waals surface area contributed by atoms with Gasteiger partial charge < -0.3 is 24.3 Å². The Morgan fingerprint density at radius 2 is 2.05 bits per heavy atom. The van der Waals surface area contributed by atoms with Crippen LogP contribution in [0.4, 0.5) is 15.9 Å². The van der Waals surface area contributed by atoms with Crippen molar-refractivity contribution < 1.29 is 9.13 Å². The van der Waals surface area contributed by atoms with E-state index in [1.165, 1.54) is 13.1 Å². The molecule has 2 atom stereocenters. The predicted octanol–water partition coefficient (Wildman–Crippen LogP) is 4.95. The molecule has 2 unspecified atom stereocenters. The summed E-state index contributed by atoms with van der Waals surface area (Å²) < 4.78 is 20.1. The number of aromatic nitrogens is 3. The molecule has 0 bridgehead atoms. The Kier molecular flexibility index (Phi) is 8.31. The van der Waals surface area contributed by atoms with Crippen molar-refractivity contribution in [2.45, 2.75) is 51.2 Å². The molecule has 0 aliphatic carbocycles. The zero-order chi connectivity index (χ0) is 29.2. The van der Waals surface area contributed by atoms with Gasteiger partial charge >= 0.3 is 6.01 Å². The molecule has 2 aromatic heterocycles. The highest BCUT2D eigenvalue weighted by Gasteiger charge is 2.32. The average molecular weight is 591 g/mol. The fourth-order valence-electron chi connectivity index (χ4n) is 6.44. The van der Waals surface area contributed by atoms with Gasteiger partial charge in [-0.05, 0) is 45.8 Å². The minimum atomic E-state index is -0.263. The van der Waals surface area contributed by atoms with Crippen molar-refractivity contribution in [2.24, 2.45) is 0 Å². The number of rotatable bonds is 7. The van der Waals surface area contributed by atoms with Gasteiger partial charge in [-0.3, -0.25) is 4.98 Å². The number of fused-ring (bicyclic) bond motifs is 2. The third-order valence-corrected chi connectivity index (χ3v) is 8.97. The van der Waals surface area contributed by atoms with Crippen LogP contribution in [0.1, 0.15) is 37.4 Å². The summed E-state index contributed by atoms with van der Waals surface area (Å²) in [6.45, 7) is 6.19. The smallest absolute Gasteiger partial charge is 0.318 e. The lowest BCUT2D eigenvalue weighted by atomic mass is 10.0. The molecule has 5 heterocycles. The molecule has 9 nitrogen and oxygen atoms in total. The Labute approximate surface area is 251 Å². The second-order valence-corrected chi connectivity index (χ2v) is 11.8. The number of hydrogen-bond acceptors (Lipinski definition) is 9. The van der Waals surface area contributed by atoms with Crippen LogP contribution in [0.25, 0.3) is 10.8 Å². The standard InChI is InChI=1S/C31H36ClFN8O/c1-21(33)17-39-13-14-41(18-23(39)8-10-34)30-25-9-12-40(28-16-35-15-22-5-3-7-26(32)29(22)28)19-27(25)36-31(37-30)42-20-24-6-4-11-38(24)2/h3,5,7,15-17,23-24H,4,6,8-9,11-14,18-20H2,1-2H3. The van der Waals surface area contributed by atoms with Gasteiger partial charge in [-0.15, -0.1) is 0 Å². The number of nitriles is 1. The van der Waals surface area contributed by atoms with Gasteiger partial charge in [0.25, 0.3) is 0 Å². The first-order valence-electron chi connectivity index (χ1n) is 14.6. The summed E-state index contributed by atoms with van der Waals surface area (Å²) in [5.74, 6) is 0.591. The Morgan fingerprint density at radius 1 is 1.17 bits per heavy atom. The van der Waals surface area contributed by atoms with Crippen molar-refractivity contribution in [3.05, 3.63) is 58.9 Å². The number of likely N-dealkylation sites (N-methyl/N-ethyl adjacent to an activating group) is 1. The van der Waals surface area contributed by atoms with Crippen molar-refractivity contribution in [3.63, 3.8) is 0 Å². The summed E-state index contributed by atoms with van der Waals surface area (Å²) in [5, 5.41) is 12.2.